The van der Waals surface area contributed by atoms with E-state index in [1.807, 2.05) is 39.0 Å². The fourth-order valence-corrected chi connectivity index (χ4v) is 2.35. The number of carbonyl (C=O) groups is 1. The molecule has 0 bridgehead atoms. The molecule has 5 nitrogen and oxygen atoms in total. The number of hydrogen-bond donors (Lipinski definition) is 1. The van der Waals surface area contributed by atoms with Crippen molar-refractivity contribution in [3.8, 4) is 6.07 Å². The van der Waals surface area contributed by atoms with Crippen LogP contribution in [-0.4, -0.2) is 29.7 Å². The van der Waals surface area contributed by atoms with E-state index in [4.69, 9.17) is 15.7 Å². The molecule has 1 aliphatic rings. The second-order valence-electron chi connectivity index (χ2n) is 6.28. The molecule has 1 amide bonds. The fourth-order valence-electron chi connectivity index (χ4n) is 2.35. The van der Waals surface area contributed by atoms with Crippen molar-refractivity contribution in [2.45, 2.75) is 32.8 Å². The zero-order valence-electron chi connectivity index (χ0n) is 13.2. The van der Waals surface area contributed by atoms with Gasteiger partial charge in [0.15, 0.2) is 0 Å². The number of rotatable bonds is 1. The Kier molecular flexibility index (Phi) is 4.41. The van der Waals surface area contributed by atoms with Crippen molar-refractivity contribution < 1.29 is 9.53 Å². The number of anilines is 1. The molecular formula is C17H21N3O2. The standard InChI is InChI=1S/C17H21N3O2/c1-17(2,3)22-16(21)20-9-7-12(8-10-20)14-6-4-5-13(11-18)15(14)19/h4-7H,8-10,19H2,1-3H3. The lowest BCUT2D eigenvalue weighted by Crippen LogP contribution is -2.39. The van der Waals surface area contributed by atoms with Crippen LogP contribution >= 0.6 is 0 Å². The lowest BCUT2D eigenvalue weighted by Gasteiger charge is -2.29. The molecule has 5 heteroatoms. The van der Waals surface area contributed by atoms with Crippen molar-refractivity contribution in [1.29, 1.82) is 5.26 Å². The average molecular weight is 299 g/mol. The Bertz CT molecular complexity index is 651. The van der Waals surface area contributed by atoms with Crippen molar-refractivity contribution in [1.82, 2.24) is 4.90 Å². The van der Waals surface area contributed by atoms with E-state index in [0.717, 1.165) is 11.1 Å². The van der Waals surface area contributed by atoms with Crippen LogP contribution in [0.5, 0.6) is 0 Å². The van der Waals surface area contributed by atoms with Crippen molar-refractivity contribution in [2.75, 3.05) is 18.8 Å². The molecule has 0 unspecified atom stereocenters. The Morgan fingerprint density at radius 2 is 2.14 bits per heavy atom. The quantitative estimate of drug-likeness (QED) is 0.808. The van der Waals surface area contributed by atoms with E-state index in [-0.39, 0.29) is 6.09 Å². The van der Waals surface area contributed by atoms with Crippen LogP contribution in [0.2, 0.25) is 0 Å². The number of nitriles is 1. The number of ether oxygens (including phenoxy) is 1. The molecule has 0 aliphatic carbocycles. The Labute approximate surface area is 131 Å². The minimum Gasteiger partial charge on any atom is -0.444 e. The summed E-state index contributed by atoms with van der Waals surface area (Å²) in [5.74, 6) is 0. The Hall–Kier alpha value is -2.48. The maximum absolute atomic E-state index is 12.0. The average Bonchev–Trinajstić information content (AvgIpc) is 2.46. The highest BCUT2D eigenvalue weighted by Gasteiger charge is 2.24. The molecule has 0 fully saturated rings. The van der Waals surface area contributed by atoms with Gasteiger partial charge in [0.25, 0.3) is 0 Å². The molecule has 22 heavy (non-hydrogen) atoms. The van der Waals surface area contributed by atoms with Crippen molar-refractivity contribution in [3.63, 3.8) is 0 Å². The molecule has 1 heterocycles. The topological polar surface area (TPSA) is 79.3 Å². The third kappa shape index (κ3) is 3.59. The van der Waals surface area contributed by atoms with Crippen LogP contribution in [0, 0.1) is 11.3 Å². The Morgan fingerprint density at radius 1 is 1.41 bits per heavy atom. The molecular weight excluding hydrogens is 278 g/mol. The summed E-state index contributed by atoms with van der Waals surface area (Å²) in [6, 6.07) is 7.53. The van der Waals surface area contributed by atoms with Crippen LogP contribution in [0.3, 0.4) is 0 Å². The number of benzene rings is 1. The summed E-state index contributed by atoms with van der Waals surface area (Å²) < 4.78 is 5.37. The predicted molar refractivity (Wildman–Crippen MR) is 86.0 cm³/mol. The summed E-state index contributed by atoms with van der Waals surface area (Å²) in [6.07, 6.45) is 2.36. The van der Waals surface area contributed by atoms with Gasteiger partial charge in [-0.25, -0.2) is 4.79 Å². The first kappa shape index (κ1) is 15.9. The van der Waals surface area contributed by atoms with Gasteiger partial charge in [0.1, 0.15) is 11.7 Å². The third-order valence-corrected chi connectivity index (χ3v) is 3.43. The molecule has 1 aromatic carbocycles. The number of carbonyl (C=O) groups excluding carboxylic acids is 1. The van der Waals surface area contributed by atoms with Gasteiger partial charge in [0.2, 0.25) is 0 Å². The molecule has 2 rings (SSSR count). The van der Waals surface area contributed by atoms with Crippen LogP contribution in [0.4, 0.5) is 10.5 Å². The summed E-state index contributed by atoms with van der Waals surface area (Å²) in [5.41, 5.74) is 8.46. The molecule has 116 valence electrons. The van der Waals surface area contributed by atoms with Crippen LogP contribution in [0.15, 0.2) is 24.3 Å². The third-order valence-electron chi connectivity index (χ3n) is 3.43. The molecule has 1 aromatic rings. The minimum atomic E-state index is -0.493. The van der Waals surface area contributed by atoms with E-state index in [2.05, 4.69) is 6.07 Å². The van der Waals surface area contributed by atoms with E-state index >= 15 is 0 Å². The fraction of sp³-hybridized carbons (Fsp3) is 0.412. The van der Waals surface area contributed by atoms with Crippen LogP contribution < -0.4 is 5.73 Å². The summed E-state index contributed by atoms with van der Waals surface area (Å²) in [5, 5.41) is 9.05. The van der Waals surface area contributed by atoms with E-state index in [9.17, 15) is 4.79 Å². The molecule has 2 N–H and O–H groups in total. The Morgan fingerprint density at radius 3 is 2.68 bits per heavy atom. The summed E-state index contributed by atoms with van der Waals surface area (Å²) in [7, 11) is 0. The molecule has 0 spiro atoms. The first-order chi connectivity index (χ1) is 10.3. The lowest BCUT2D eigenvalue weighted by molar-refractivity contribution is 0.0270. The second kappa shape index (κ2) is 6.10. The number of amides is 1. The number of para-hydroxylation sites is 1. The van der Waals surface area contributed by atoms with Crippen LogP contribution in [0.25, 0.3) is 5.57 Å². The van der Waals surface area contributed by atoms with E-state index < -0.39 is 5.60 Å². The summed E-state index contributed by atoms with van der Waals surface area (Å²) >= 11 is 0. The Balaban J connectivity index is 2.13. The number of nitrogen functional groups attached to an aromatic ring is 1. The molecule has 0 aromatic heterocycles. The number of nitrogens with two attached hydrogens (primary N) is 1. The molecule has 0 saturated heterocycles. The van der Waals surface area contributed by atoms with Gasteiger partial charge in [-0.05, 0) is 38.8 Å². The maximum atomic E-state index is 12.0. The summed E-state index contributed by atoms with van der Waals surface area (Å²) in [6.45, 7) is 6.62. The molecule has 0 radical (unpaired) electrons. The normalized spacial score (nSPS) is 15.0. The van der Waals surface area contributed by atoms with Gasteiger partial charge < -0.3 is 15.4 Å². The van der Waals surface area contributed by atoms with Crippen molar-refractivity contribution in [2.24, 2.45) is 0 Å². The zero-order chi connectivity index (χ0) is 16.3. The monoisotopic (exact) mass is 299 g/mol. The molecule has 1 aliphatic heterocycles. The SMILES string of the molecule is CC(C)(C)OC(=O)N1CC=C(c2cccc(C#N)c2N)CC1. The van der Waals surface area contributed by atoms with Gasteiger partial charge >= 0.3 is 6.09 Å². The van der Waals surface area contributed by atoms with Gasteiger partial charge in [0, 0.05) is 18.7 Å². The summed E-state index contributed by atoms with van der Waals surface area (Å²) in [4.78, 5) is 13.7. The predicted octanol–water partition coefficient (Wildman–Crippen LogP) is 3.16. The highest BCUT2D eigenvalue weighted by molar-refractivity contribution is 5.80. The van der Waals surface area contributed by atoms with Gasteiger partial charge in [-0.2, -0.15) is 5.26 Å². The first-order valence-electron chi connectivity index (χ1n) is 7.28. The van der Waals surface area contributed by atoms with Gasteiger partial charge in [0.05, 0.1) is 11.3 Å². The van der Waals surface area contributed by atoms with E-state index in [1.165, 1.54) is 0 Å². The minimum absolute atomic E-state index is 0.304. The van der Waals surface area contributed by atoms with Crippen molar-refractivity contribution >= 4 is 17.4 Å². The van der Waals surface area contributed by atoms with Crippen molar-refractivity contribution in [3.05, 3.63) is 35.4 Å². The van der Waals surface area contributed by atoms with Crippen LogP contribution in [0.1, 0.15) is 38.3 Å². The van der Waals surface area contributed by atoms with Gasteiger partial charge in [-0.15, -0.1) is 0 Å². The first-order valence-corrected chi connectivity index (χ1v) is 7.28. The van der Waals surface area contributed by atoms with E-state index in [1.54, 1.807) is 11.0 Å². The van der Waals surface area contributed by atoms with Gasteiger partial charge in [-0.3, -0.25) is 0 Å². The largest absolute Gasteiger partial charge is 0.444 e. The van der Waals surface area contributed by atoms with E-state index in [0.29, 0.717) is 30.8 Å². The lowest BCUT2D eigenvalue weighted by atomic mass is 9.96. The molecule has 0 saturated carbocycles. The smallest absolute Gasteiger partial charge is 0.410 e. The molecule has 0 atom stereocenters. The van der Waals surface area contributed by atoms with Crippen LogP contribution in [-0.2, 0) is 4.74 Å². The number of hydrogen-bond acceptors (Lipinski definition) is 4. The number of nitrogens with zero attached hydrogens (tertiary/aromatic N) is 2. The zero-order valence-corrected chi connectivity index (χ0v) is 13.2. The highest BCUT2D eigenvalue weighted by Crippen LogP contribution is 2.29. The highest BCUT2D eigenvalue weighted by atomic mass is 16.6. The maximum Gasteiger partial charge on any atom is 0.410 e. The van der Waals surface area contributed by atoms with Gasteiger partial charge in [-0.1, -0.05) is 18.2 Å². The second-order valence-corrected chi connectivity index (χ2v) is 6.28.